The molecule has 5 rings (SSSR count). The van der Waals surface area contributed by atoms with Gasteiger partial charge in [0.25, 0.3) is 11.8 Å². The van der Waals surface area contributed by atoms with Crippen LogP contribution in [-0.2, 0) is 9.59 Å². The van der Waals surface area contributed by atoms with Crippen molar-refractivity contribution in [1.82, 2.24) is 4.90 Å². The molecule has 0 aromatic carbocycles. The molecular formula is C16H19Cl2NO2. The van der Waals surface area contributed by atoms with Gasteiger partial charge in [0.2, 0.25) is 0 Å². The molecule has 3 fully saturated rings. The zero-order valence-electron chi connectivity index (χ0n) is 11.9. The fourth-order valence-corrected chi connectivity index (χ4v) is 5.75. The van der Waals surface area contributed by atoms with E-state index in [9.17, 15) is 9.59 Å². The van der Waals surface area contributed by atoms with Crippen LogP contribution >= 0.6 is 23.2 Å². The molecule has 0 radical (unpaired) electrons. The predicted octanol–water partition coefficient (Wildman–Crippen LogP) is 3.24. The molecule has 2 amide bonds. The quantitative estimate of drug-likeness (QED) is 0.421. The molecule has 4 unspecified atom stereocenters. The van der Waals surface area contributed by atoms with Gasteiger partial charge in [-0.15, -0.1) is 23.2 Å². The smallest absolute Gasteiger partial charge is 0.253 e. The number of halogens is 2. The molecule has 114 valence electrons. The Labute approximate surface area is 134 Å². The third-order valence-corrected chi connectivity index (χ3v) is 7.49. The third-order valence-electron chi connectivity index (χ3n) is 5.92. The SMILES string of the molecule is O=C1N(C2CCCCC2)C(=O)C2(Cl)C3C=CC(CC3)C12Cl. The van der Waals surface area contributed by atoms with Gasteiger partial charge in [-0.05, 0) is 25.7 Å². The minimum absolute atomic E-state index is 0.00463. The van der Waals surface area contributed by atoms with Crippen LogP contribution in [0.1, 0.15) is 44.9 Å². The van der Waals surface area contributed by atoms with E-state index in [1.54, 1.807) is 0 Å². The van der Waals surface area contributed by atoms with Gasteiger partial charge in [-0.1, -0.05) is 31.4 Å². The molecule has 0 aromatic rings. The Balaban J connectivity index is 1.78. The number of alkyl halides is 2. The molecule has 0 N–H and O–H groups in total. The van der Waals surface area contributed by atoms with Gasteiger partial charge >= 0.3 is 0 Å². The number of amides is 2. The monoisotopic (exact) mass is 327 g/mol. The molecule has 1 heterocycles. The van der Waals surface area contributed by atoms with Crippen molar-refractivity contribution in [1.29, 1.82) is 0 Å². The topological polar surface area (TPSA) is 37.4 Å². The highest BCUT2D eigenvalue weighted by Gasteiger charge is 2.76. The second-order valence-electron chi connectivity index (χ2n) is 6.87. The van der Waals surface area contributed by atoms with Crippen molar-refractivity contribution in [3.8, 4) is 0 Å². The molecule has 1 saturated heterocycles. The molecule has 0 aromatic heterocycles. The number of allylic oxidation sites excluding steroid dienone is 2. The molecule has 4 aliphatic carbocycles. The maximum Gasteiger partial charge on any atom is 0.253 e. The van der Waals surface area contributed by atoms with E-state index in [0.29, 0.717) is 0 Å². The summed E-state index contributed by atoms with van der Waals surface area (Å²) in [6.45, 7) is 0. The summed E-state index contributed by atoms with van der Waals surface area (Å²) >= 11 is 13.5. The van der Waals surface area contributed by atoms with E-state index in [1.807, 2.05) is 12.2 Å². The Bertz CT molecular complexity index is 504. The predicted molar refractivity (Wildman–Crippen MR) is 81.2 cm³/mol. The van der Waals surface area contributed by atoms with E-state index in [4.69, 9.17) is 23.2 Å². The number of fused-ring (bicyclic) bond motifs is 1. The highest BCUT2D eigenvalue weighted by molar-refractivity contribution is 6.53. The van der Waals surface area contributed by atoms with E-state index in [-0.39, 0.29) is 29.7 Å². The van der Waals surface area contributed by atoms with Crippen molar-refractivity contribution >= 4 is 35.0 Å². The maximum absolute atomic E-state index is 13.0. The number of carbonyl (C=O) groups excluding carboxylic acids is 2. The summed E-state index contributed by atoms with van der Waals surface area (Å²) in [6.07, 6.45) is 10.8. The van der Waals surface area contributed by atoms with Crippen molar-refractivity contribution in [2.75, 3.05) is 0 Å². The van der Waals surface area contributed by atoms with E-state index in [0.717, 1.165) is 38.5 Å². The van der Waals surface area contributed by atoms with E-state index in [1.165, 1.54) is 11.3 Å². The van der Waals surface area contributed by atoms with Crippen molar-refractivity contribution in [2.45, 2.75) is 60.7 Å². The van der Waals surface area contributed by atoms with Crippen LogP contribution in [0.2, 0.25) is 0 Å². The Morgan fingerprint density at radius 1 is 0.857 bits per heavy atom. The lowest BCUT2D eigenvalue weighted by atomic mass is 9.62. The number of carbonyl (C=O) groups is 2. The highest BCUT2D eigenvalue weighted by Crippen LogP contribution is 2.61. The van der Waals surface area contributed by atoms with Crippen LogP contribution in [0.25, 0.3) is 0 Å². The van der Waals surface area contributed by atoms with Crippen LogP contribution in [0.4, 0.5) is 0 Å². The zero-order chi connectivity index (χ0) is 14.8. The van der Waals surface area contributed by atoms with Crippen molar-refractivity contribution < 1.29 is 9.59 Å². The van der Waals surface area contributed by atoms with Crippen LogP contribution in [-0.4, -0.2) is 32.5 Å². The standard InChI is InChI=1S/C16H19Cl2NO2/c17-15-10-6-7-11(9-8-10)16(15,18)14(21)19(13(15)20)12-4-2-1-3-5-12/h6-7,10-12H,1-5,8-9H2. The van der Waals surface area contributed by atoms with E-state index >= 15 is 0 Å². The fraction of sp³-hybridized carbons (Fsp3) is 0.750. The molecule has 2 saturated carbocycles. The number of imide groups is 1. The van der Waals surface area contributed by atoms with Gasteiger partial charge in [-0.25, -0.2) is 0 Å². The van der Waals surface area contributed by atoms with Crippen LogP contribution in [0.3, 0.4) is 0 Å². The lowest BCUT2D eigenvalue weighted by Crippen LogP contribution is -2.61. The second kappa shape index (κ2) is 4.48. The third kappa shape index (κ3) is 1.52. The highest BCUT2D eigenvalue weighted by atomic mass is 35.5. The number of rotatable bonds is 1. The summed E-state index contributed by atoms with van der Waals surface area (Å²) in [6, 6.07) is -0.00463. The summed E-state index contributed by atoms with van der Waals surface area (Å²) in [5.41, 5.74) is 0. The van der Waals surface area contributed by atoms with Gasteiger partial charge in [0.05, 0.1) is 0 Å². The number of hydrogen-bond donors (Lipinski definition) is 0. The van der Waals surface area contributed by atoms with Gasteiger partial charge in [-0.3, -0.25) is 14.5 Å². The first-order chi connectivity index (χ1) is 10.0. The second-order valence-corrected chi connectivity index (χ2v) is 8.06. The van der Waals surface area contributed by atoms with Gasteiger partial charge in [-0.2, -0.15) is 0 Å². The number of likely N-dealkylation sites (tertiary alicyclic amines) is 1. The van der Waals surface area contributed by atoms with Gasteiger partial charge in [0.15, 0.2) is 9.75 Å². The fourth-order valence-electron chi connectivity index (χ4n) is 4.76. The number of hydrogen-bond acceptors (Lipinski definition) is 2. The average Bonchev–Trinajstić information content (AvgIpc) is 2.69. The Morgan fingerprint density at radius 2 is 1.33 bits per heavy atom. The summed E-state index contributed by atoms with van der Waals surface area (Å²) in [5, 5.41) is 0. The minimum Gasteiger partial charge on any atom is -0.276 e. The molecule has 0 spiro atoms. The molecule has 3 nitrogen and oxygen atoms in total. The molecule has 5 heteroatoms. The first-order valence-electron chi connectivity index (χ1n) is 7.95. The van der Waals surface area contributed by atoms with Gasteiger partial charge in [0, 0.05) is 17.9 Å². The first-order valence-corrected chi connectivity index (χ1v) is 8.71. The summed E-state index contributed by atoms with van der Waals surface area (Å²) in [7, 11) is 0. The molecule has 1 aliphatic heterocycles. The maximum atomic E-state index is 13.0. The van der Waals surface area contributed by atoms with Crippen LogP contribution < -0.4 is 0 Å². The van der Waals surface area contributed by atoms with Gasteiger partial charge < -0.3 is 0 Å². The van der Waals surface area contributed by atoms with E-state index < -0.39 is 9.75 Å². The van der Waals surface area contributed by atoms with Crippen molar-refractivity contribution in [3.63, 3.8) is 0 Å². The molecule has 5 aliphatic rings. The van der Waals surface area contributed by atoms with Gasteiger partial charge in [0.1, 0.15) is 0 Å². The summed E-state index contributed by atoms with van der Waals surface area (Å²) in [5.74, 6) is -0.719. The Hall–Kier alpha value is -0.540. The van der Waals surface area contributed by atoms with Crippen molar-refractivity contribution in [2.24, 2.45) is 11.8 Å². The zero-order valence-corrected chi connectivity index (χ0v) is 13.4. The van der Waals surface area contributed by atoms with E-state index in [2.05, 4.69) is 0 Å². The minimum atomic E-state index is -1.26. The molecular weight excluding hydrogens is 309 g/mol. The van der Waals surface area contributed by atoms with Crippen LogP contribution in [0, 0.1) is 11.8 Å². The summed E-state index contributed by atoms with van der Waals surface area (Å²) < 4.78 is 0. The number of nitrogens with zero attached hydrogens (tertiary/aromatic N) is 1. The first kappa shape index (κ1) is 14.1. The Morgan fingerprint density at radius 3 is 1.76 bits per heavy atom. The lowest BCUT2D eigenvalue weighted by Gasteiger charge is -2.48. The molecule has 4 atom stereocenters. The normalized spacial score (nSPS) is 46.3. The summed E-state index contributed by atoms with van der Waals surface area (Å²) in [4.78, 5) is 25.0. The van der Waals surface area contributed by atoms with Crippen LogP contribution in [0.15, 0.2) is 12.2 Å². The Kier molecular flexibility index (Phi) is 3.01. The lowest BCUT2D eigenvalue weighted by molar-refractivity contribution is -0.143. The average molecular weight is 328 g/mol. The molecule has 21 heavy (non-hydrogen) atoms. The van der Waals surface area contributed by atoms with Crippen LogP contribution in [0.5, 0.6) is 0 Å². The van der Waals surface area contributed by atoms with Crippen molar-refractivity contribution in [3.05, 3.63) is 12.2 Å². The largest absolute Gasteiger partial charge is 0.276 e. The molecule has 2 bridgehead atoms.